The molecule has 0 spiro atoms. The molecule has 0 aliphatic heterocycles. The third kappa shape index (κ3) is 7.91. The predicted octanol–water partition coefficient (Wildman–Crippen LogP) is 3.24. The summed E-state index contributed by atoms with van der Waals surface area (Å²) in [6.07, 6.45) is 0. The van der Waals surface area contributed by atoms with Crippen LogP contribution >= 0.6 is 0 Å². The van der Waals surface area contributed by atoms with Gasteiger partial charge in [-0.25, -0.2) is 0 Å². The lowest BCUT2D eigenvalue weighted by atomic mass is 10.0. The van der Waals surface area contributed by atoms with Crippen molar-refractivity contribution in [3.8, 4) is 0 Å². The minimum absolute atomic E-state index is 0.108. The van der Waals surface area contributed by atoms with Crippen LogP contribution in [0.5, 0.6) is 0 Å². The third-order valence-corrected chi connectivity index (χ3v) is 3.55. The van der Waals surface area contributed by atoms with E-state index in [-0.39, 0.29) is 11.2 Å². The standard InChI is InChI=1S/C16H36N2O/c1-9-17(10-2)13-15(5,6)19-16(7,8)14-18(11-3)12-4/h9-14H2,1-8H3. The molecular formula is C16H36N2O. The summed E-state index contributed by atoms with van der Waals surface area (Å²) >= 11 is 0. The first kappa shape index (κ1) is 18.9. The maximum Gasteiger partial charge on any atom is 0.0760 e. The highest BCUT2D eigenvalue weighted by atomic mass is 16.5. The molecule has 116 valence electrons. The molecule has 0 N–H and O–H groups in total. The van der Waals surface area contributed by atoms with Crippen LogP contribution in [0.15, 0.2) is 0 Å². The molecule has 19 heavy (non-hydrogen) atoms. The summed E-state index contributed by atoms with van der Waals surface area (Å²) in [5.74, 6) is 0. The Morgan fingerprint density at radius 3 is 1.11 bits per heavy atom. The van der Waals surface area contributed by atoms with Crippen LogP contribution in [0.4, 0.5) is 0 Å². The monoisotopic (exact) mass is 272 g/mol. The maximum absolute atomic E-state index is 6.41. The molecule has 0 aromatic rings. The summed E-state index contributed by atoms with van der Waals surface area (Å²) in [5.41, 5.74) is -0.217. The zero-order chi connectivity index (χ0) is 15.1. The summed E-state index contributed by atoms with van der Waals surface area (Å²) in [6, 6.07) is 0. The Labute approximate surface area is 121 Å². The summed E-state index contributed by atoms with van der Waals surface area (Å²) < 4.78 is 6.41. The number of ether oxygens (including phenoxy) is 1. The Morgan fingerprint density at radius 1 is 0.632 bits per heavy atom. The van der Waals surface area contributed by atoms with Gasteiger partial charge in [0.25, 0.3) is 0 Å². The van der Waals surface area contributed by atoms with Gasteiger partial charge < -0.3 is 14.5 Å². The largest absolute Gasteiger partial charge is 0.367 e. The van der Waals surface area contributed by atoms with E-state index >= 15 is 0 Å². The second-order valence-electron chi connectivity index (χ2n) is 6.54. The van der Waals surface area contributed by atoms with Gasteiger partial charge in [-0.3, -0.25) is 0 Å². The van der Waals surface area contributed by atoms with Gasteiger partial charge in [0.1, 0.15) is 0 Å². The van der Waals surface area contributed by atoms with Gasteiger partial charge in [0.2, 0.25) is 0 Å². The SMILES string of the molecule is CCN(CC)CC(C)(C)OC(C)(C)CN(CC)CC. The molecule has 0 aliphatic rings. The second-order valence-corrected chi connectivity index (χ2v) is 6.54. The summed E-state index contributed by atoms with van der Waals surface area (Å²) in [7, 11) is 0. The summed E-state index contributed by atoms with van der Waals surface area (Å²) in [5, 5.41) is 0. The maximum atomic E-state index is 6.41. The van der Waals surface area contributed by atoms with Crippen molar-refractivity contribution in [2.75, 3.05) is 39.3 Å². The molecule has 0 bridgehead atoms. The van der Waals surface area contributed by atoms with E-state index in [9.17, 15) is 0 Å². The molecule has 0 aromatic carbocycles. The van der Waals surface area contributed by atoms with Crippen molar-refractivity contribution < 1.29 is 4.74 Å². The van der Waals surface area contributed by atoms with Crippen LogP contribution in [0.25, 0.3) is 0 Å². The van der Waals surface area contributed by atoms with Gasteiger partial charge in [-0.05, 0) is 53.9 Å². The van der Waals surface area contributed by atoms with Crippen LogP contribution in [-0.2, 0) is 4.74 Å². The van der Waals surface area contributed by atoms with E-state index in [1.165, 1.54) is 0 Å². The van der Waals surface area contributed by atoms with Gasteiger partial charge in [0.15, 0.2) is 0 Å². The van der Waals surface area contributed by atoms with Crippen molar-refractivity contribution in [3.63, 3.8) is 0 Å². The van der Waals surface area contributed by atoms with Crippen molar-refractivity contribution in [3.05, 3.63) is 0 Å². The van der Waals surface area contributed by atoms with Gasteiger partial charge in [0.05, 0.1) is 11.2 Å². The van der Waals surface area contributed by atoms with E-state index < -0.39 is 0 Å². The molecule has 0 rings (SSSR count). The van der Waals surface area contributed by atoms with Crippen molar-refractivity contribution in [1.82, 2.24) is 9.80 Å². The Bertz CT molecular complexity index is 207. The van der Waals surface area contributed by atoms with Crippen molar-refractivity contribution in [2.45, 2.75) is 66.6 Å². The molecule has 0 atom stereocenters. The molecule has 0 aliphatic carbocycles. The van der Waals surface area contributed by atoms with Gasteiger partial charge in [-0.1, -0.05) is 27.7 Å². The summed E-state index contributed by atoms with van der Waals surface area (Å²) in [4.78, 5) is 4.85. The fourth-order valence-electron chi connectivity index (χ4n) is 2.78. The van der Waals surface area contributed by atoms with Crippen molar-refractivity contribution in [2.24, 2.45) is 0 Å². The molecule has 3 nitrogen and oxygen atoms in total. The molecule has 0 amide bonds. The number of likely N-dealkylation sites (N-methyl/N-ethyl adjacent to an activating group) is 2. The van der Waals surface area contributed by atoms with Gasteiger partial charge in [0, 0.05) is 13.1 Å². The molecule has 3 heteroatoms. The Balaban J connectivity index is 4.52. The average molecular weight is 272 g/mol. The molecule has 0 heterocycles. The van der Waals surface area contributed by atoms with E-state index in [0.29, 0.717) is 0 Å². The fraction of sp³-hybridized carbons (Fsp3) is 1.00. The van der Waals surface area contributed by atoms with Crippen LogP contribution in [-0.4, -0.2) is 60.3 Å². The highest BCUT2D eigenvalue weighted by molar-refractivity contribution is 4.82. The lowest BCUT2D eigenvalue weighted by Crippen LogP contribution is -2.49. The molecular weight excluding hydrogens is 236 g/mol. The Kier molecular flexibility index (Phi) is 8.18. The van der Waals surface area contributed by atoms with Crippen LogP contribution in [0.3, 0.4) is 0 Å². The van der Waals surface area contributed by atoms with Crippen LogP contribution < -0.4 is 0 Å². The number of hydrogen-bond donors (Lipinski definition) is 0. The zero-order valence-corrected chi connectivity index (χ0v) is 14.5. The number of rotatable bonds is 10. The van der Waals surface area contributed by atoms with Gasteiger partial charge in [-0.15, -0.1) is 0 Å². The zero-order valence-electron chi connectivity index (χ0n) is 14.5. The molecule has 0 saturated heterocycles. The van der Waals surface area contributed by atoms with Gasteiger partial charge in [-0.2, -0.15) is 0 Å². The normalized spacial score (nSPS) is 13.6. The highest BCUT2D eigenvalue weighted by Crippen LogP contribution is 2.22. The minimum atomic E-state index is -0.108. The highest BCUT2D eigenvalue weighted by Gasteiger charge is 2.31. The first-order valence-corrected chi connectivity index (χ1v) is 7.84. The van der Waals surface area contributed by atoms with Crippen molar-refractivity contribution >= 4 is 0 Å². The molecule has 0 saturated carbocycles. The van der Waals surface area contributed by atoms with Crippen LogP contribution in [0.2, 0.25) is 0 Å². The van der Waals surface area contributed by atoms with Crippen molar-refractivity contribution in [1.29, 1.82) is 0 Å². The Hall–Kier alpha value is -0.120. The Morgan fingerprint density at radius 2 is 0.895 bits per heavy atom. The lowest BCUT2D eigenvalue weighted by Gasteiger charge is -2.40. The van der Waals surface area contributed by atoms with E-state index in [4.69, 9.17) is 4.74 Å². The number of nitrogens with zero attached hydrogens (tertiary/aromatic N) is 2. The lowest BCUT2D eigenvalue weighted by molar-refractivity contribution is -0.141. The molecule has 0 aromatic heterocycles. The van der Waals surface area contributed by atoms with E-state index in [0.717, 1.165) is 39.3 Å². The fourth-order valence-corrected chi connectivity index (χ4v) is 2.78. The van der Waals surface area contributed by atoms with Crippen LogP contribution in [0, 0.1) is 0 Å². The molecule has 0 fully saturated rings. The van der Waals surface area contributed by atoms with E-state index in [2.05, 4.69) is 65.2 Å². The first-order valence-electron chi connectivity index (χ1n) is 7.84. The van der Waals surface area contributed by atoms with E-state index in [1.807, 2.05) is 0 Å². The number of hydrogen-bond acceptors (Lipinski definition) is 3. The summed E-state index contributed by atoms with van der Waals surface area (Å²) in [6.45, 7) is 24.0. The average Bonchev–Trinajstić information content (AvgIpc) is 2.31. The van der Waals surface area contributed by atoms with Crippen LogP contribution in [0.1, 0.15) is 55.4 Å². The topological polar surface area (TPSA) is 15.7 Å². The quantitative estimate of drug-likeness (QED) is 0.607. The third-order valence-electron chi connectivity index (χ3n) is 3.55. The smallest absolute Gasteiger partial charge is 0.0760 e. The predicted molar refractivity (Wildman–Crippen MR) is 84.8 cm³/mol. The first-order chi connectivity index (χ1) is 8.69. The van der Waals surface area contributed by atoms with E-state index in [1.54, 1.807) is 0 Å². The van der Waals surface area contributed by atoms with Gasteiger partial charge >= 0.3 is 0 Å². The molecule has 0 radical (unpaired) electrons. The molecule has 0 unspecified atom stereocenters. The second kappa shape index (κ2) is 8.23. The minimum Gasteiger partial charge on any atom is -0.367 e.